The summed E-state index contributed by atoms with van der Waals surface area (Å²) in [6.07, 6.45) is 1.44. The SMILES string of the molecule is COc1ccc(C(=O)c2coc3ccc(O)c(CN4CCO[C@@H](c5ccccc5)C4)c23)cc1. The molecule has 5 rings (SSSR count). The van der Waals surface area contributed by atoms with Gasteiger partial charge in [0.2, 0.25) is 0 Å². The lowest BCUT2D eigenvalue weighted by Crippen LogP contribution is -2.37. The van der Waals surface area contributed by atoms with Crippen LogP contribution >= 0.6 is 0 Å². The smallest absolute Gasteiger partial charge is 0.196 e. The molecular weight excluding hydrogens is 418 g/mol. The van der Waals surface area contributed by atoms with Gasteiger partial charge < -0.3 is 19.0 Å². The molecule has 4 aromatic rings. The number of furan rings is 1. The number of hydrogen-bond acceptors (Lipinski definition) is 6. The number of nitrogens with zero attached hydrogens (tertiary/aromatic N) is 1. The van der Waals surface area contributed by atoms with Gasteiger partial charge in [0.05, 0.1) is 25.4 Å². The second kappa shape index (κ2) is 9.10. The minimum atomic E-state index is -0.160. The van der Waals surface area contributed by atoms with Gasteiger partial charge in [-0.25, -0.2) is 0 Å². The third kappa shape index (κ3) is 4.23. The molecule has 1 N–H and O–H groups in total. The molecular formula is C27H25NO5. The molecule has 0 unspecified atom stereocenters. The van der Waals surface area contributed by atoms with E-state index in [1.807, 2.05) is 18.2 Å². The lowest BCUT2D eigenvalue weighted by Gasteiger charge is -2.33. The minimum absolute atomic E-state index is 0.0361. The summed E-state index contributed by atoms with van der Waals surface area (Å²) in [6, 6.07) is 20.4. The van der Waals surface area contributed by atoms with Gasteiger partial charge in [-0.3, -0.25) is 9.69 Å². The first kappa shape index (κ1) is 21.2. The first-order chi connectivity index (χ1) is 16.1. The summed E-state index contributed by atoms with van der Waals surface area (Å²) in [5.74, 6) is 0.671. The van der Waals surface area contributed by atoms with Gasteiger partial charge in [-0.05, 0) is 42.0 Å². The summed E-state index contributed by atoms with van der Waals surface area (Å²) < 4.78 is 16.9. The highest BCUT2D eigenvalue weighted by atomic mass is 16.5. The van der Waals surface area contributed by atoms with Crippen LogP contribution < -0.4 is 4.74 Å². The number of benzene rings is 3. The molecule has 3 aromatic carbocycles. The Bertz CT molecular complexity index is 1260. The molecule has 1 aliphatic rings. The molecule has 0 spiro atoms. The Hall–Kier alpha value is -3.61. The number of carbonyl (C=O) groups is 1. The number of carbonyl (C=O) groups excluding carboxylic acids is 1. The van der Waals surface area contributed by atoms with Crippen molar-refractivity contribution in [2.45, 2.75) is 12.6 Å². The molecule has 2 heterocycles. The van der Waals surface area contributed by atoms with E-state index in [9.17, 15) is 9.90 Å². The molecule has 0 radical (unpaired) electrons. The van der Waals surface area contributed by atoms with E-state index in [2.05, 4.69) is 17.0 Å². The molecule has 0 amide bonds. The average molecular weight is 443 g/mol. The van der Waals surface area contributed by atoms with Crippen molar-refractivity contribution in [3.05, 3.63) is 95.2 Å². The van der Waals surface area contributed by atoms with Gasteiger partial charge >= 0.3 is 0 Å². The van der Waals surface area contributed by atoms with Crippen LogP contribution in [0.5, 0.6) is 11.5 Å². The zero-order valence-corrected chi connectivity index (χ0v) is 18.4. The zero-order chi connectivity index (χ0) is 22.8. The van der Waals surface area contributed by atoms with Gasteiger partial charge in [0.25, 0.3) is 0 Å². The number of rotatable bonds is 6. The number of phenols is 1. The standard InChI is InChI=1S/C27H25NO5/c1-31-20-9-7-19(8-10-20)27(30)22-17-33-24-12-11-23(29)21(26(22)24)15-28-13-14-32-25(16-28)18-5-3-2-4-6-18/h2-12,17,25,29H,13-16H2,1H3/t25-/m1/s1. The van der Waals surface area contributed by atoms with Crippen LogP contribution in [0, 0.1) is 0 Å². The fourth-order valence-electron chi connectivity index (χ4n) is 4.35. The summed E-state index contributed by atoms with van der Waals surface area (Å²) in [6.45, 7) is 2.51. The van der Waals surface area contributed by atoms with E-state index in [1.165, 1.54) is 6.26 Å². The number of phenolic OH excluding ortho intramolecular Hbond substituents is 1. The number of hydrogen-bond donors (Lipinski definition) is 1. The lowest BCUT2D eigenvalue weighted by molar-refractivity contribution is -0.0329. The largest absolute Gasteiger partial charge is 0.508 e. The Morgan fingerprint density at radius 2 is 1.88 bits per heavy atom. The maximum absolute atomic E-state index is 13.3. The Kier molecular flexibility index (Phi) is 5.86. The maximum atomic E-state index is 13.3. The molecule has 1 aromatic heterocycles. The average Bonchev–Trinajstić information content (AvgIpc) is 3.30. The van der Waals surface area contributed by atoms with E-state index in [1.54, 1.807) is 43.5 Å². The number of ether oxygens (including phenoxy) is 2. The van der Waals surface area contributed by atoms with Crippen molar-refractivity contribution in [3.8, 4) is 11.5 Å². The molecule has 1 saturated heterocycles. The number of methoxy groups -OCH3 is 1. The summed E-state index contributed by atoms with van der Waals surface area (Å²) in [5, 5.41) is 11.4. The van der Waals surface area contributed by atoms with Crippen LogP contribution in [0.15, 0.2) is 77.4 Å². The normalized spacial score (nSPS) is 16.7. The predicted octanol–water partition coefficient (Wildman–Crippen LogP) is 4.95. The van der Waals surface area contributed by atoms with Crippen LogP contribution in [-0.4, -0.2) is 42.6 Å². The molecule has 0 bridgehead atoms. The van der Waals surface area contributed by atoms with E-state index >= 15 is 0 Å². The molecule has 6 heteroatoms. The lowest BCUT2D eigenvalue weighted by atomic mass is 9.98. The van der Waals surface area contributed by atoms with Crippen LogP contribution in [0.4, 0.5) is 0 Å². The van der Waals surface area contributed by atoms with Crippen molar-refractivity contribution in [2.75, 3.05) is 26.8 Å². The third-order valence-corrected chi connectivity index (χ3v) is 6.12. The molecule has 1 atom stereocenters. The van der Waals surface area contributed by atoms with Gasteiger partial charge in [-0.15, -0.1) is 0 Å². The Morgan fingerprint density at radius 3 is 2.64 bits per heavy atom. The number of aromatic hydroxyl groups is 1. The van der Waals surface area contributed by atoms with Gasteiger partial charge in [-0.1, -0.05) is 30.3 Å². The zero-order valence-electron chi connectivity index (χ0n) is 18.4. The van der Waals surface area contributed by atoms with Crippen molar-refractivity contribution in [3.63, 3.8) is 0 Å². The van der Waals surface area contributed by atoms with Gasteiger partial charge in [0.15, 0.2) is 5.78 Å². The second-order valence-electron chi connectivity index (χ2n) is 8.15. The van der Waals surface area contributed by atoms with Crippen LogP contribution in [0.1, 0.15) is 33.2 Å². The van der Waals surface area contributed by atoms with Gasteiger partial charge in [0.1, 0.15) is 23.3 Å². The Morgan fingerprint density at radius 1 is 1.09 bits per heavy atom. The van der Waals surface area contributed by atoms with E-state index in [0.29, 0.717) is 53.1 Å². The molecule has 0 saturated carbocycles. The van der Waals surface area contributed by atoms with Gasteiger partial charge in [0, 0.05) is 36.1 Å². The minimum Gasteiger partial charge on any atom is -0.508 e. The number of ketones is 1. The Balaban J connectivity index is 1.46. The van der Waals surface area contributed by atoms with Crippen molar-refractivity contribution in [2.24, 2.45) is 0 Å². The monoisotopic (exact) mass is 443 g/mol. The predicted molar refractivity (Wildman–Crippen MR) is 125 cm³/mol. The van der Waals surface area contributed by atoms with Crippen molar-refractivity contribution >= 4 is 16.8 Å². The highest BCUT2D eigenvalue weighted by molar-refractivity contribution is 6.16. The highest BCUT2D eigenvalue weighted by Gasteiger charge is 2.26. The fraction of sp³-hybridized carbons (Fsp3) is 0.222. The second-order valence-corrected chi connectivity index (χ2v) is 8.15. The third-order valence-electron chi connectivity index (χ3n) is 6.12. The van der Waals surface area contributed by atoms with Crippen LogP contribution in [0.2, 0.25) is 0 Å². The van der Waals surface area contributed by atoms with Crippen molar-refractivity contribution < 1.29 is 23.8 Å². The van der Waals surface area contributed by atoms with E-state index in [0.717, 1.165) is 12.1 Å². The first-order valence-electron chi connectivity index (χ1n) is 10.9. The van der Waals surface area contributed by atoms with Crippen LogP contribution in [0.3, 0.4) is 0 Å². The topological polar surface area (TPSA) is 72.1 Å². The number of fused-ring (bicyclic) bond motifs is 1. The molecule has 168 valence electrons. The summed E-state index contributed by atoms with van der Waals surface area (Å²) in [7, 11) is 1.59. The Labute approximate surface area is 192 Å². The van der Waals surface area contributed by atoms with Crippen LogP contribution in [-0.2, 0) is 11.3 Å². The fourth-order valence-corrected chi connectivity index (χ4v) is 4.35. The van der Waals surface area contributed by atoms with Crippen molar-refractivity contribution in [1.29, 1.82) is 0 Å². The molecule has 6 nitrogen and oxygen atoms in total. The van der Waals surface area contributed by atoms with Crippen LogP contribution in [0.25, 0.3) is 11.0 Å². The molecule has 1 aliphatic heterocycles. The number of morpholine rings is 1. The van der Waals surface area contributed by atoms with E-state index < -0.39 is 0 Å². The quantitative estimate of drug-likeness (QED) is 0.425. The van der Waals surface area contributed by atoms with Crippen molar-refractivity contribution in [1.82, 2.24) is 4.90 Å². The first-order valence-corrected chi connectivity index (χ1v) is 10.9. The molecule has 1 fully saturated rings. The molecule has 0 aliphatic carbocycles. The summed E-state index contributed by atoms with van der Waals surface area (Å²) in [5.41, 5.74) is 3.36. The van der Waals surface area contributed by atoms with E-state index in [-0.39, 0.29) is 17.6 Å². The molecule has 33 heavy (non-hydrogen) atoms. The summed E-state index contributed by atoms with van der Waals surface area (Å²) >= 11 is 0. The summed E-state index contributed by atoms with van der Waals surface area (Å²) in [4.78, 5) is 15.5. The van der Waals surface area contributed by atoms with E-state index in [4.69, 9.17) is 13.9 Å². The van der Waals surface area contributed by atoms with Gasteiger partial charge in [-0.2, -0.15) is 0 Å². The highest BCUT2D eigenvalue weighted by Crippen LogP contribution is 2.35. The maximum Gasteiger partial charge on any atom is 0.196 e.